The van der Waals surface area contributed by atoms with E-state index in [0.29, 0.717) is 0 Å². The zero-order valence-electron chi connectivity index (χ0n) is 5.92. The molecule has 1 nitrogen and oxygen atoms in total. The van der Waals surface area contributed by atoms with Crippen LogP contribution in [0.15, 0.2) is 30.3 Å². The van der Waals surface area contributed by atoms with Crippen LogP contribution >= 0.6 is 0 Å². The molecular weight excluding hydrogens is 128 g/mol. The molecule has 0 atom stereocenters. The molecule has 0 saturated heterocycles. The van der Waals surface area contributed by atoms with E-state index >= 15 is 0 Å². The minimum Gasteiger partial charge on any atom is -0.392 e. The Labute approximate surface area is 60.8 Å². The predicted molar refractivity (Wildman–Crippen MR) is 43.1 cm³/mol. The highest BCUT2D eigenvalue weighted by molar-refractivity contribution is 6.32. The van der Waals surface area contributed by atoms with Crippen molar-refractivity contribution in [2.75, 3.05) is 11.9 Å². The maximum Gasteiger partial charge on any atom is 0.444 e. The Balaban J connectivity index is 2.75. The van der Waals surface area contributed by atoms with E-state index in [1.807, 2.05) is 30.3 Å². The van der Waals surface area contributed by atoms with Crippen molar-refractivity contribution in [2.24, 2.45) is 0 Å². The van der Waals surface area contributed by atoms with Crippen LogP contribution in [0.5, 0.6) is 0 Å². The van der Waals surface area contributed by atoms with E-state index in [9.17, 15) is 4.32 Å². The number of nitrogens with zero attached hydrogens (tertiary/aromatic N) is 1. The molecule has 1 rings (SSSR count). The van der Waals surface area contributed by atoms with E-state index < -0.39 is 7.69 Å². The lowest BCUT2D eigenvalue weighted by molar-refractivity contribution is 0.855. The first-order chi connectivity index (χ1) is 4.84. The average Bonchev–Trinajstić information content (AvgIpc) is 2.05. The van der Waals surface area contributed by atoms with Crippen molar-refractivity contribution in [2.45, 2.75) is 0 Å². The fourth-order valence-electron chi connectivity index (χ4n) is 0.751. The number of benzene rings is 1. The zero-order valence-corrected chi connectivity index (χ0v) is 5.92. The second kappa shape index (κ2) is 3.25. The van der Waals surface area contributed by atoms with Crippen LogP contribution in [0.4, 0.5) is 10.0 Å². The van der Waals surface area contributed by atoms with Gasteiger partial charge in [-0.15, -0.1) is 0 Å². The van der Waals surface area contributed by atoms with Crippen molar-refractivity contribution in [3.8, 4) is 0 Å². The molecule has 0 aromatic heterocycles. The minimum absolute atomic E-state index is 0.440. The summed E-state index contributed by atoms with van der Waals surface area (Å²) in [5.41, 5.74) is 0.907. The molecule has 1 aromatic rings. The molecule has 0 radical (unpaired) electrons. The van der Waals surface area contributed by atoms with Crippen LogP contribution in [-0.4, -0.2) is 14.7 Å². The van der Waals surface area contributed by atoms with Gasteiger partial charge in [0.15, 0.2) is 0 Å². The number of hydrogen-bond acceptors (Lipinski definition) is 1. The number of anilines is 1. The standard InChI is InChI=1S/C7H9BFN/c1-10(8-9)7-5-3-2-4-6-7/h2-6,8H,1H3. The Hall–Kier alpha value is -0.985. The number of para-hydroxylation sites is 1. The topological polar surface area (TPSA) is 3.24 Å². The van der Waals surface area contributed by atoms with Crippen LogP contribution in [0.25, 0.3) is 0 Å². The van der Waals surface area contributed by atoms with E-state index in [2.05, 4.69) is 0 Å². The first-order valence-electron chi connectivity index (χ1n) is 3.16. The monoisotopic (exact) mass is 137 g/mol. The van der Waals surface area contributed by atoms with Crippen molar-refractivity contribution >= 4 is 13.4 Å². The molecule has 0 unspecified atom stereocenters. The summed E-state index contributed by atoms with van der Waals surface area (Å²) in [6.45, 7) is 0. The van der Waals surface area contributed by atoms with Crippen molar-refractivity contribution in [1.82, 2.24) is 0 Å². The molecule has 10 heavy (non-hydrogen) atoms. The van der Waals surface area contributed by atoms with E-state index in [4.69, 9.17) is 0 Å². The first kappa shape index (κ1) is 7.13. The molecule has 0 N–H and O–H groups in total. The lowest BCUT2D eigenvalue weighted by atomic mass is 10.2. The van der Waals surface area contributed by atoms with Crippen LogP contribution in [0.3, 0.4) is 0 Å². The van der Waals surface area contributed by atoms with E-state index in [1.165, 1.54) is 0 Å². The largest absolute Gasteiger partial charge is 0.444 e. The van der Waals surface area contributed by atoms with Gasteiger partial charge in [-0.3, -0.25) is 0 Å². The van der Waals surface area contributed by atoms with Gasteiger partial charge in [-0.25, -0.2) is 0 Å². The summed E-state index contributed by atoms with van der Waals surface area (Å²) in [5.74, 6) is 0. The molecule has 0 heterocycles. The predicted octanol–water partition coefficient (Wildman–Crippen LogP) is 1.36. The average molecular weight is 137 g/mol. The van der Waals surface area contributed by atoms with Gasteiger partial charge in [-0.05, 0) is 19.2 Å². The Morgan fingerprint density at radius 2 is 1.90 bits per heavy atom. The summed E-state index contributed by atoms with van der Waals surface area (Å²) < 4.78 is 12.0. The Kier molecular flexibility index (Phi) is 2.32. The van der Waals surface area contributed by atoms with Gasteiger partial charge in [0.25, 0.3) is 0 Å². The molecule has 0 fully saturated rings. The lowest BCUT2D eigenvalue weighted by Gasteiger charge is -2.12. The lowest BCUT2D eigenvalue weighted by Crippen LogP contribution is -2.17. The zero-order chi connectivity index (χ0) is 7.40. The van der Waals surface area contributed by atoms with Gasteiger partial charge in [0.1, 0.15) is 0 Å². The van der Waals surface area contributed by atoms with Crippen molar-refractivity contribution in [3.63, 3.8) is 0 Å². The maximum absolute atomic E-state index is 12.0. The van der Waals surface area contributed by atoms with Gasteiger partial charge >= 0.3 is 7.69 Å². The van der Waals surface area contributed by atoms with E-state index in [-0.39, 0.29) is 0 Å². The maximum atomic E-state index is 12.0. The summed E-state index contributed by atoms with van der Waals surface area (Å²) >= 11 is 0. The minimum atomic E-state index is -0.440. The van der Waals surface area contributed by atoms with Crippen molar-refractivity contribution < 1.29 is 4.32 Å². The SMILES string of the molecule is CN(BF)c1ccccc1. The Bertz CT molecular complexity index is 190. The number of halogens is 1. The molecule has 1 aromatic carbocycles. The Morgan fingerprint density at radius 1 is 1.30 bits per heavy atom. The molecule has 0 amide bonds. The van der Waals surface area contributed by atoms with Gasteiger partial charge in [0.05, 0.1) is 0 Å². The van der Waals surface area contributed by atoms with Gasteiger partial charge in [-0.2, -0.15) is 0 Å². The molecule has 0 spiro atoms. The summed E-state index contributed by atoms with van der Waals surface area (Å²) in [5, 5.41) is 0. The fraction of sp³-hybridized carbons (Fsp3) is 0.143. The normalized spacial score (nSPS) is 9.00. The van der Waals surface area contributed by atoms with Gasteiger partial charge in [0.2, 0.25) is 0 Å². The Morgan fingerprint density at radius 3 is 2.40 bits per heavy atom. The first-order valence-corrected chi connectivity index (χ1v) is 3.16. The van der Waals surface area contributed by atoms with Crippen LogP contribution in [0, 0.1) is 0 Å². The highest BCUT2D eigenvalue weighted by atomic mass is 19.1. The van der Waals surface area contributed by atoms with Gasteiger partial charge in [0, 0.05) is 5.69 Å². The van der Waals surface area contributed by atoms with E-state index in [1.54, 1.807) is 11.9 Å². The van der Waals surface area contributed by atoms with E-state index in [0.717, 1.165) is 5.69 Å². The molecule has 0 aliphatic carbocycles. The number of hydrogen-bond donors (Lipinski definition) is 0. The van der Waals surface area contributed by atoms with Crippen LogP contribution in [-0.2, 0) is 0 Å². The summed E-state index contributed by atoms with van der Waals surface area (Å²) in [7, 11) is 1.28. The molecule has 0 aliphatic heterocycles. The molecule has 0 aliphatic rings. The third-order valence-corrected chi connectivity index (χ3v) is 1.38. The molecule has 0 bridgehead atoms. The van der Waals surface area contributed by atoms with Crippen molar-refractivity contribution in [3.05, 3.63) is 30.3 Å². The molecular formula is C7H9BFN. The second-order valence-electron chi connectivity index (χ2n) is 2.15. The van der Waals surface area contributed by atoms with Crippen LogP contribution < -0.4 is 4.81 Å². The van der Waals surface area contributed by atoms with Gasteiger partial charge < -0.3 is 9.13 Å². The van der Waals surface area contributed by atoms with Crippen LogP contribution in [0.2, 0.25) is 0 Å². The third-order valence-electron chi connectivity index (χ3n) is 1.38. The van der Waals surface area contributed by atoms with Crippen molar-refractivity contribution in [1.29, 1.82) is 0 Å². The van der Waals surface area contributed by atoms with Gasteiger partial charge in [-0.1, -0.05) is 18.2 Å². The number of rotatable bonds is 2. The third kappa shape index (κ3) is 1.50. The highest BCUT2D eigenvalue weighted by Crippen LogP contribution is 2.08. The molecule has 3 heteroatoms. The second-order valence-corrected chi connectivity index (χ2v) is 2.15. The molecule has 52 valence electrons. The highest BCUT2D eigenvalue weighted by Gasteiger charge is 1.97. The fourth-order valence-corrected chi connectivity index (χ4v) is 0.751. The smallest absolute Gasteiger partial charge is 0.392 e. The summed E-state index contributed by atoms with van der Waals surface area (Å²) in [6, 6.07) is 9.44. The summed E-state index contributed by atoms with van der Waals surface area (Å²) in [6.07, 6.45) is 0. The summed E-state index contributed by atoms with van der Waals surface area (Å²) in [4.78, 5) is 1.54. The molecule has 0 saturated carbocycles. The van der Waals surface area contributed by atoms with Crippen LogP contribution in [0.1, 0.15) is 0 Å². The quantitative estimate of drug-likeness (QED) is 0.556.